The number of ether oxygens (including phenoxy) is 1. The molecule has 1 saturated heterocycles. The van der Waals surface area contributed by atoms with E-state index >= 15 is 0 Å². The fourth-order valence-electron chi connectivity index (χ4n) is 5.06. The lowest BCUT2D eigenvalue weighted by Crippen LogP contribution is -2.49. The average molecular weight is 468 g/mol. The molecular formula is C25H34FN7O. The van der Waals surface area contributed by atoms with Gasteiger partial charge in [-0.1, -0.05) is 25.3 Å². The number of fused-ring (bicyclic) bond motifs is 1. The summed E-state index contributed by atoms with van der Waals surface area (Å²) in [6.07, 6.45) is 11.9. The monoisotopic (exact) mass is 467 g/mol. The lowest BCUT2D eigenvalue weighted by Gasteiger charge is -2.38. The van der Waals surface area contributed by atoms with Crippen molar-refractivity contribution in [2.75, 3.05) is 48.3 Å². The second-order valence-electron chi connectivity index (χ2n) is 9.33. The van der Waals surface area contributed by atoms with Crippen molar-refractivity contribution in [3.63, 3.8) is 0 Å². The molecule has 1 saturated carbocycles. The molecule has 1 aromatic carbocycles. The third kappa shape index (κ3) is 5.34. The van der Waals surface area contributed by atoms with Crippen LogP contribution in [0, 0.1) is 11.7 Å². The Kier molecular flexibility index (Phi) is 6.97. The molecule has 182 valence electrons. The maximum Gasteiger partial charge on any atom is 0.233 e. The highest BCUT2D eigenvalue weighted by atomic mass is 19.1. The third-order valence-corrected chi connectivity index (χ3v) is 6.90. The minimum Gasteiger partial charge on any atom is -0.491 e. The Balaban J connectivity index is 1.35. The van der Waals surface area contributed by atoms with Gasteiger partial charge in [0.2, 0.25) is 17.8 Å². The summed E-state index contributed by atoms with van der Waals surface area (Å²) in [6.45, 7) is 5.78. The van der Waals surface area contributed by atoms with Gasteiger partial charge in [0.15, 0.2) is 11.6 Å². The van der Waals surface area contributed by atoms with Crippen LogP contribution in [0.25, 0.3) is 0 Å². The van der Waals surface area contributed by atoms with E-state index in [0.29, 0.717) is 42.1 Å². The van der Waals surface area contributed by atoms with Crippen LogP contribution in [-0.2, 0) is 0 Å². The fraction of sp³-hybridized carbons (Fsp3) is 0.560. The molecule has 2 aliphatic heterocycles. The highest BCUT2D eigenvalue weighted by molar-refractivity contribution is 5.57. The van der Waals surface area contributed by atoms with E-state index in [2.05, 4.69) is 37.7 Å². The SMILES string of the molecule is CCOc1ccc(Nc2nc(NCC3CCCCC3)nc(N3CCN4C=CCC4C3)n2)cc1F. The first-order valence-electron chi connectivity index (χ1n) is 12.5. The van der Waals surface area contributed by atoms with Gasteiger partial charge in [-0.2, -0.15) is 15.0 Å². The predicted octanol–water partition coefficient (Wildman–Crippen LogP) is 4.55. The maximum atomic E-state index is 14.4. The number of nitrogens with one attached hydrogen (secondary N) is 2. The highest BCUT2D eigenvalue weighted by Gasteiger charge is 2.29. The average Bonchev–Trinajstić information content (AvgIpc) is 3.33. The predicted molar refractivity (Wildman–Crippen MR) is 132 cm³/mol. The number of benzene rings is 1. The van der Waals surface area contributed by atoms with Gasteiger partial charge in [0, 0.05) is 44.0 Å². The Labute approximate surface area is 200 Å². The number of anilines is 4. The summed E-state index contributed by atoms with van der Waals surface area (Å²) in [4.78, 5) is 18.7. The first-order chi connectivity index (χ1) is 16.7. The van der Waals surface area contributed by atoms with E-state index in [4.69, 9.17) is 14.7 Å². The second-order valence-corrected chi connectivity index (χ2v) is 9.33. The molecule has 1 aliphatic carbocycles. The quantitative estimate of drug-likeness (QED) is 0.585. The van der Waals surface area contributed by atoms with Crippen molar-refractivity contribution in [2.24, 2.45) is 5.92 Å². The highest BCUT2D eigenvalue weighted by Crippen LogP contribution is 2.27. The van der Waals surface area contributed by atoms with E-state index < -0.39 is 5.82 Å². The number of nitrogens with zero attached hydrogens (tertiary/aromatic N) is 5. The van der Waals surface area contributed by atoms with Crippen LogP contribution in [0.4, 0.5) is 27.9 Å². The Hall–Kier alpha value is -3.10. The molecule has 2 fully saturated rings. The van der Waals surface area contributed by atoms with Crippen molar-refractivity contribution in [3.8, 4) is 5.75 Å². The summed E-state index contributed by atoms with van der Waals surface area (Å²) in [7, 11) is 0. The molecule has 2 aromatic rings. The van der Waals surface area contributed by atoms with E-state index in [9.17, 15) is 4.39 Å². The lowest BCUT2D eigenvalue weighted by molar-refractivity contribution is 0.269. The molecule has 1 atom stereocenters. The van der Waals surface area contributed by atoms with Crippen LogP contribution in [0.15, 0.2) is 30.5 Å². The van der Waals surface area contributed by atoms with Crippen LogP contribution in [0.5, 0.6) is 5.75 Å². The van der Waals surface area contributed by atoms with Gasteiger partial charge >= 0.3 is 0 Å². The van der Waals surface area contributed by atoms with E-state index in [1.54, 1.807) is 12.1 Å². The first-order valence-corrected chi connectivity index (χ1v) is 12.5. The van der Waals surface area contributed by atoms with Crippen LogP contribution in [0.3, 0.4) is 0 Å². The van der Waals surface area contributed by atoms with Crippen molar-refractivity contribution >= 4 is 23.5 Å². The molecule has 9 heteroatoms. The summed E-state index contributed by atoms with van der Waals surface area (Å²) in [5.74, 6) is 2.10. The Morgan fingerprint density at radius 1 is 1.09 bits per heavy atom. The number of hydrogen-bond donors (Lipinski definition) is 2. The van der Waals surface area contributed by atoms with Crippen molar-refractivity contribution < 1.29 is 9.13 Å². The summed E-state index contributed by atoms with van der Waals surface area (Å²) >= 11 is 0. The molecule has 1 aromatic heterocycles. The Bertz CT molecular complexity index is 1010. The molecule has 0 bridgehead atoms. The second kappa shape index (κ2) is 10.4. The van der Waals surface area contributed by atoms with Crippen LogP contribution >= 0.6 is 0 Å². The maximum absolute atomic E-state index is 14.4. The van der Waals surface area contributed by atoms with Gasteiger partial charge in [-0.05, 0) is 50.4 Å². The Morgan fingerprint density at radius 2 is 1.94 bits per heavy atom. The summed E-state index contributed by atoms with van der Waals surface area (Å²) in [5.41, 5.74) is 0.571. The zero-order valence-electron chi connectivity index (χ0n) is 19.8. The summed E-state index contributed by atoms with van der Waals surface area (Å²) in [6, 6.07) is 5.26. The van der Waals surface area contributed by atoms with Crippen molar-refractivity contribution in [3.05, 3.63) is 36.3 Å². The number of hydrogen-bond acceptors (Lipinski definition) is 8. The number of halogens is 1. The zero-order valence-corrected chi connectivity index (χ0v) is 19.8. The van der Waals surface area contributed by atoms with Crippen LogP contribution in [0.1, 0.15) is 45.4 Å². The summed E-state index contributed by atoms with van der Waals surface area (Å²) < 4.78 is 19.7. The van der Waals surface area contributed by atoms with Gasteiger partial charge in [0.25, 0.3) is 0 Å². The van der Waals surface area contributed by atoms with Gasteiger partial charge < -0.3 is 25.2 Å². The molecule has 0 spiro atoms. The minimum atomic E-state index is -0.415. The molecule has 1 unspecified atom stereocenters. The van der Waals surface area contributed by atoms with Crippen LogP contribution in [0.2, 0.25) is 0 Å². The minimum absolute atomic E-state index is 0.238. The summed E-state index contributed by atoms with van der Waals surface area (Å²) in [5, 5.41) is 6.63. The first kappa shape index (κ1) is 22.7. The Morgan fingerprint density at radius 3 is 2.76 bits per heavy atom. The fourth-order valence-corrected chi connectivity index (χ4v) is 5.06. The topological polar surface area (TPSA) is 78.4 Å². The zero-order chi connectivity index (χ0) is 23.3. The van der Waals surface area contributed by atoms with E-state index in [-0.39, 0.29) is 5.75 Å². The molecule has 0 amide bonds. The van der Waals surface area contributed by atoms with E-state index in [1.807, 2.05) is 6.92 Å². The standard InChI is InChI=1S/C25H34FN7O/c1-2-34-22-11-10-19(15-21(22)26)28-24-29-23(27-16-18-7-4-3-5-8-18)30-25(31-24)33-14-13-32-12-6-9-20(32)17-33/h6,10-12,15,18,20H,2-5,7-9,13-14,16-17H2,1H3,(H2,27,28,29,30,31). The number of aromatic nitrogens is 3. The number of rotatable bonds is 8. The lowest BCUT2D eigenvalue weighted by atomic mass is 9.89. The van der Waals surface area contributed by atoms with Gasteiger partial charge in [-0.15, -0.1) is 0 Å². The van der Waals surface area contributed by atoms with Crippen molar-refractivity contribution in [2.45, 2.75) is 51.5 Å². The van der Waals surface area contributed by atoms with Crippen molar-refractivity contribution in [1.29, 1.82) is 0 Å². The molecule has 0 radical (unpaired) electrons. The van der Waals surface area contributed by atoms with Crippen molar-refractivity contribution in [1.82, 2.24) is 19.9 Å². The van der Waals surface area contributed by atoms with E-state index in [1.165, 1.54) is 38.2 Å². The largest absolute Gasteiger partial charge is 0.491 e. The third-order valence-electron chi connectivity index (χ3n) is 6.90. The van der Waals surface area contributed by atoms with Gasteiger partial charge in [-0.3, -0.25) is 0 Å². The number of piperazine rings is 1. The van der Waals surface area contributed by atoms with Gasteiger partial charge in [-0.25, -0.2) is 4.39 Å². The van der Waals surface area contributed by atoms with Gasteiger partial charge in [0.1, 0.15) is 0 Å². The van der Waals surface area contributed by atoms with Gasteiger partial charge in [0.05, 0.1) is 6.61 Å². The molecule has 3 aliphatic rings. The normalized spacial score (nSPS) is 20.4. The molecule has 5 rings (SSSR count). The molecular weight excluding hydrogens is 433 g/mol. The molecule has 8 nitrogen and oxygen atoms in total. The molecule has 3 heterocycles. The van der Waals surface area contributed by atoms with Crippen LogP contribution in [-0.4, -0.2) is 58.7 Å². The smallest absolute Gasteiger partial charge is 0.233 e. The molecule has 34 heavy (non-hydrogen) atoms. The van der Waals surface area contributed by atoms with E-state index in [0.717, 1.165) is 32.6 Å². The van der Waals surface area contributed by atoms with Crippen LogP contribution < -0.4 is 20.3 Å². The molecule has 2 N–H and O–H groups in total.